The quantitative estimate of drug-likeness (QED) is 0.704. The monoisotopic (exact) mass is 341 g/mol. The molecule has 1 aromatic carbocycles. The Hall–Kier alpha value is -1.79. The van der Waals surface area contributed by atoms with Gasteiger partial charge in [0.15, 0.2) is 0 Å². The molecule has 3 N–H and O–H groups in total. The average molecular weight is 342 g/mol. The summed E-state index contributed by atoms with van der Waals surface area (Å²) in [6.45, 7) is 2.84. The highest BCUT2D eigenvalue weighted by atomic mass is 35.5. The van der Waals surface area contributed by atoms with E-state index in [1.165, 1.54) is 4.90 Å². The van der Waals surface area contributed by atoms with Crippen molar-refractivity contribution in [2.75, 3.05) is 27.2 Å². The Bertz CT molecular complexity index is 551. The molecule has 6 nitrogen and oxygen atoms in total. The third-order valence-electron chi connectivity index (χ3n) is 3.53. The summed E-state index contributed by atoms with van der Waals surface area (Å²) < 4.78 is 5.50. The Balaban J connectivity index is 2.75. The summed E-state index contributed by atoms with van der Waals surface area (Å²) >= 11 is 6.15. The van der Waals surface area contributed by atoms with Gasteiger partial charge in [0.05, 0.1) is 11.6 Å². The van der Waals surface area contributed by atoms with Gasteiger partial charge in [-0.25, -0.2) is 0 Å². The maximum atomic E-state index is 12.5. The number of carbonyl (C=O) groups is 2. The van der Waals surface area contributed by atoms with Gasteiger partial charge < -0.3 is 20.7 Å². The van der Waals surface area contributed by atoms with E-state index in [0.29, 0.717) is 29.5 Å². The number of ether oxygens (including phenoxy) is 1. The highest BCUT2D eigenvalue weighted by Gasteiger charge is 2.20. The standard InChI is InChI=1S/C16H24ClN3O3/c1-11(9-15(21)19-2)20(3)16(22)12-5-6-14(13(17)10-12)23-8-4-7-18/h5-6,10-11H,4,7-9,18H2,1-3H3,(H,19,21). The molecule has 1 aromatic rings. The van der Waals surface area contributed by atoms with Crippen LogP contribution in [-0.4, -0.2) is 50.0 Å². The van der Waals surface area contributed by atoms with Crippen molar-refractivity contribution in [3.05, 3.63) is 28.8 Å². The minimum absolute atomic E-state index is 0.112. The molecule has 0 radical (unpaired) electrons. The van der Waals surface area contributed by atoms with E-state index in [4.69, 9.17) is 22.1 Å². The van der Waals surface area contributed by atoms with Gasteiger partial charge in [0.2, 0.25) is 5.91 Å². The van der Waals surface area contributed by atoms with Crippen molar-refractivity contribution < 1.29 is 14.3 Å². The predicted molar refractivity (Wildman–Crippen MR) is 90.9 cm³/mol. The van der Waals surface area contributed by atoms with Crippen molar-refractivity contribution in [1.29, 1.82) is 0 Å². The maximum Gasteiger partial charge on any atom is 0.253 e. The molecule has 0 aliphatic heterocycles. The van der Waals surface area contributed by atoms with Crippen LogP contribution in [0, 0.1) is 0 Å². The number of carbonyl (C=O) groups excluding carboxylic acids is 2. The molecule has 0 aromatic heterocycles. The molecule has 0 bridgehead atoms. The summed E-state index contributed by atoms with van der Waals surface area (Å²) in [4.78, 5) is 25.4. The van der Waals surface area contributed by atoms with Crippen LogP contribution in [0.4, 0.5) is 0 Å². The number of nitrogens with one attached hydrogen (secondary N) is 1. The summed E-state index contributed by atoms with van der Waals surface area (Å²) in [6.07, 6.45) is 0.976. The number of halogens is 1. The van der Waals surface area contributed by atoms with Crippen LogP contribution >= 0.6 is 11.6 Å². The fraction of sp³-hybridized carbons (Fsp3) is 0.500. The van der Waals surface area contributed by atoms with Crippen LogP contribution in [0.1, 0.15) is 30.1 Å². The summed E-state index contributed by atoms with van der Waals surface area (Å²) in [7, 11) is 3.23. The highest BCUT2D eigenvalue weighted by molar-refractivity contribution is 6.32. The zero-order chi connectivity index (χ0) is 17.4. The van der Waals surface area contributed by atoms with Crippen LogP contribution in [0.25, 0.3) is 0 Å². The van der Waals surface area contributed by atoms with E-state index in [1.54, 1.807) is 32.3 Å². The lowest BCUT2D eigenvalue weighted by atomic mass is 10.1. The summed E-state index contributed by atoms with van der Waals surface area (Å²) in [6, 6.07) is 4.69. The van der Waals surface area contributed by atoms with Gasteiger partial charge in [0.1, 0.15) is 5.75 Å². The second-order valence-electron chi connectivity index (χ2n) is 5.28. The number of nitrogens with zero attached hydrogens (tertiary/aromatic N) is 1. The van der Waals surface area contributed by atoms with Crippen molar-refractivity contribution in [2.24, 2.45) is 5.73 Å². The van der Waals surface area contributed by atoms with E-state index in [9.17, 15) is 9.59 Å². The molecule has 128 valence electrons. The van der Waals surface area contributed by atoms with Crippen molar-refractivity contribution in [3.8, 4) is 5.75 Å². The van der Waals surface area contributed by atoms with Crippen molar-refractivity contribution >= 4 is 23.4 Å². The third kappa shape index (κ3) is 5.73. The van der Waals surface area contributed by atoms with Crippen LogP contribution in [0.3, 0.4) is 0 Å². The zero-order valence-electron chi connectivity index (χ0n) is 13.8. The SMILES string of the molecule is CNC(=O)CC(C)N(C)C(=O)c1ccc(OCCCN)c(Cl)c1. The van der Waals surface area contributed by atoms with Crippen molar-refractivity contribution in [1.82, 2.24) is 10.2 Å². The number of amides is 2. The molecule has 2 amide bonds. The van der Waals surface area contributed by atoms with Crippen LogP contribution in [0.15, 0.2) is 18.2 Å². The molecule has 0 saturated carbocycles. The first-order valence-corrected chi connectivity index (χ1v) is 7.88. The lowest BCUT2D eigenvalue weighted by Gasteiger charge is -2.24. The van der Waals surface area contributed by atoms with Gasteiger partial charge in [-0.05, 0) is 38.1 Å². The molecule has 0 heterocycles. The Kier molecular flexibility index (Phi) is 7.85. The average Bonchev–Trinajstić information content (AvgIpc) is 2.54. The van der Waals surface area contributed by atoms with E-state index < -0.39 is 0 Å². The minimum atomic E-state index is -0.221. The zero-order valence-corrected chi connectivity index (χ0v) is 14.5. The number of hydrogen-bond acceptors (Lipinski definition) is 4. The van der Waals surface area contributed by atoms with Gasteiger partial charge >= 0.3 is 0 Å². The number of rotatable bonds is 8. The van der Waals surface area contributed by atoms with E-state index in [2.05, 4.69) is 5.32 Å². The highest BCUT2D eigenvalue weighted by Crippen LogP contribution is 2.26. The molecule has 0 aliphatic rings. The molecule has 23 heavy (non-hydrogen) atoms. The molecule has 0 fully saturated rings. The topological polar surface area (TPSA) is 84.7 Å². The van der Waals surface area contributed by atoms with Crippen molar-refractivity contribution in [3.63, 3.8) is 0 Å². The largest absolute Gasteiger partial charge is 0.492 e. The Morgan fingerprint density at radius 1 is 1.43 bits per heavy atom. The van der Waals surface area contributed by atoms with Crippen LogP contribution in [0.2, 0.25) is 5.02 Å². The molecular weight excluding hydrogens is 318 g/mol. The van der Waals surface area contributed by atoms with Crippen LogP contribution < -0.4 is 15.8 Å². The Morgan fingerprint density at radius 2 is 2.13 bits per heavy atom. The molecule has 7 heteroatoms. The fourth-order valence-corrected chi connectivity index (χ4v) is 2.16. The summed E-state index contributed by atoms with van der Waals surface area (Å²) in [5, 5.41) is 2.92. The number of benzene rings is 1. The molecule has 1 unspecified atom stereocenters. The molecule has 1 atom stereocenters. The summed E-state index contributed by atoms with van der Waals surface area (Å²) in [5.74, 6) is 0.216. The predicted octanol–water partition coefficient (Wildman–Crippen LogP) is 1.66. The molecule has 1 rings (SSSR count). The van der Waals surface area contributed by atoms with E-state index in [-0.39, 0.29) is 24.3 Å². The first-order valence-electron chi connectivity index (χ1n) is 7.50. The van der Waals surface area contributed by atoms with Gasteiger partial charge in [0.25, 0.3) is 5.91 Å². The first-order chi connectivity index (χ1) is 10.9. The normalized spacial score (nSPS) is 11.7. The Labute approximate surface area is 141 Å². The number of hydrogen-bond donors (Lipinski definition) is 2. The second-order valence-corrected chi connectivity index (χ2v) is 5.69. The summed E-state index contributed by atoms with van der Waals surface area (Å²) in [5.41, 5.74) is 5.86. The van der Waals surface area contributed by atoms with E-state index in [0.717, 1.165) is 6.42 Å². The van der Waals surface area contributed by atoms with Crippen molar-refractivity contribution in [2.45, 2.75) is 25.8 Å². The first kappa shape index (κ1) is 19.3. The molecule has 0 saturated heterocycles. The maximum absolute atomic E-state index is 12.5. The molecular formula is C16H24ClN3O3. The van der Waals surface area contributed by atoms with Gasteiger partial charge in [-0.2, -0.15) is 0 Å². The van der Waals surface area contributed by atoms with Crippen LogP contribution in [-0.2, 0) is 4.79 Å². The van der Waals surface area contributed by atoms with Gasteiger partial charge in [-0.3, -0.25) is 9.59 Å². The number of nitrogens with two attached hydrogens (primary N) is 1. The van der Waals surface area contributed by atoms with Crippen LogP contribution in [0.5, 0.6) is 5.75 Å². The molecule has 0 spiro atoms. The van der Waals surface area contributed by atoms with E-state index >= 15 is 0 Å². The van der Waals surface area contributed by atoms with Gasteiger partial charge in [0, 0.05) is 32.1 Å². The smallest absolute Gasteiger partial charge is 0.253 e. The van der Waals surface area contributed by atoms with Gasteiger partial charge in [-0.1, -0.05) is 11.6 Å². The Morgan fingerprint density at radius 3 is 2.70 bits per heavy atom. The fourth-order valence-electron chi connectivity index (χ4n) is 1.93. The third-order valence-corrected chi connectivity index (χ3v) is 3.82. The molecule has 0 aliphatic carbocycles. The minimum Gasteiger partial charge on any atom is -0.492 e. The lowest BCUT2D eigenvalue weighted by molar-refractivity contribution is -0.121. The lowest BCUT2D eigenvalue weighted by Crippen LogP contribution is -2.38. The second kappa shape index (κ2) is 9.37. The van der Waals surface area contributed by atoms with Gasteiger partial charge in [-0.15, -0.1) is 0 Å². The van der Waals surface area contributed by atoms with E-state index in [1.807, 2.05) is 6.92 Å².